The van der Waals surface area contributed by atoms with Crippen molar-refractivity contribution in [1.82, 2.24) is 5.32 Å². The summed E-state index contributed by atoms with van der Waals surface area (Å²) in [5, 5.41) is 22.0. The highest BCUT2D eigenvalue weighted by Gasteiger charge is 2.09. The van der Waals surface area contributed by atoms with E-state index in [2.05, 4.69) is 25.2 Å². The zero-order chi connectivity index (χ0) is 14.8. The van der Waals surface area contributed by atoms with Crippen LogP contribution >= 0.6 is 0 Å². The van der Waals surface area contributed by atoms with Gasteiger partial charge in [-0.15, -0.1) is 0 Å². The van der Waals surface area contributed by atoms with Gasteiger partial charge < -0.3 is 15.2 Å². The summed E-state index contributed by atoms with van der Waals surface area (Å²) in [7, 11) is 0. The average molecular weight is 276 g/mol. The number of aliphatic hydroxyl groups excluding tert-OH is 1. The Balaban J connectivity index is 2.32. The molecule has 0 amide bonds. The number of rotatable bonds is 9. The second-order valence-corrected chi connectivity index (χ2v) is 4.91. The molecule has 2 N–H and O–H groups in total. The first-order valence-corrected chi connectivity index (χ1v) is 7.24. The van der Waals surface area contributed by atoms with Crippen LogP contribution in [-0.2, 0) is 0 Å². The molecule has 0 heterocycles. The first-order chi connectivity index (χ1) is 9.69. The molecule has 0 aromatic heterocycles. The van der Waals surface area contributed by atoms with E-state index in [1.54, 1.807) is 24.3 Å². The summed E-state index contributed by atoms with van der Waals surface area (Å²) in [4.78, 5) is 0. The van der Waals surface area contributed by atoms with Crippen molar-refractivity contribution in [1.29, 1.82) is 5.26 Å². The maximum atomic E-state index is 9.90. The standard InChI is InChI=1S/C16H24N2O2/c1-3-6-14(4-2)18-11-15(19)12-20-16-8-5-7-13(9-16)10-17/h5,7-9,14-15,18-19H,3-4,6,11-12H2,1-2H3. The number of benzene rings is 1. The van der Waals surface area contributed by atoms with Crippen molar-refractivity contribution in [2.75, 3.05) is 13.2 Å². The molecule has 2 atom stereocenters. The molecule has 2 unspecified atom stereocenters. The fourth-order valence-electron chi connectivity index (χ4n) is 2.01. The number of hydrogen-bond donors (Lipinski definition) is 2. The van der Waals surface area contributed by atoms with E-state index in [1.807, 2.05) is 0 Å². The Hall–Kier alpha value is -1.57. The summed E-state index contributed by atoms with van der Waals surface area (Å²) >= 11 is 0. The third-order valence-electron chi connectivity index (χ3n) is 3.18. The molecule has 0 bridgehead atoms. The summed E-state index contributed by atoms with van der Waals surface area (Å²) < 4.78 is 5.50. The third kappa shape index (κ3) is 6.05. The van der Waals surface area contributed by atoms with Crippen molar-refractivity contribution in [2.45, 2.75) is 45.3 Å². The molecule has 0 spiro atoms. The molecule has 0 fully saturated rings. The fourth-order valence-corrected chi connectivity index (χ4v) is 2.01. The van der Waals surface area contributed by atoms with E-state index in [-0.39, 0.29) is 6.61 Å². The van der Waals surface area contributed by atoms with Crippen LogP contribution in [0.4, 0.5) is 0 Å². The van der Waals surface area contributed by atoms with Crippen LogP contribution < -0.4 is 10.1 Å². The van der Waals surface area contributed by atoms with E-state index in [4.69, 9.17) is 10.00 Å². The average Bonchev–Trinajstić information content (AvgIpc) is 2.49. The highest BCUT2D eigenvalue weighted by atomic mass is 16.5. The minimum atomic E-state index is -0.549. The SMILES string of the molecule is CCCC(CC)NCC(O)COc1cccc(C#N)c1. The van der Waals surface area contributed by atoms with Gasteiger partial charge in [-0.2, -0.15) is 5.26 Å². The van der Waals surface area contributed by atoms with Crippen molar-refractivity contribution >= 4 is 0 Å². The highest BCUT2D eigenvalue weighted by molar-refractivity contribution is 5.36. The zero-order valence-electron chi connectivity index (χ0n) is 12.3. The molecule has 0 saturated heterocycles. The highest BCUT2D eigenvalue weighted by Crippen LogP contribution is 2.12. The Bertz CT molecular complexity index is 429. The number of aliphatic hydroxyl groups is 1. The van der Waals surface area contributed by atoms with Gasteiger partial charge in [-0.1, -0.05) is 26.3 Å². The second-order valence-electron chi connectivity index (χ2n) is 4.91. The van der Waals surface area contributed by atoms with E-state index in [1.165, 1.54) is 0 Å². The van der Waals surface area contributed by atoms with Gasteiger partial charge in [0, 0.05) is 12.6 Å². The summed E-state index contributed by atoms with van der Waals surface area (Å²) in [6, 6.07) is 9.47. The van der Waals surface area contributed by atoms with Gasteiger partial charge in [-0.25, -0.2) is 0 Å². The molecule has 1 rings (SSSR count). The lowest BCUT2D eigenvalue weighted by atomic mass is 10.1. The molecule has 0 saturated carbocycles. The van der Waals surface area contributed by atoms with Crippen LogP contribution in [0.15, 0.2) is 24.3 Å². The van der Waals surface area contributed by atoms with E-state index < -0.39 is 6.10 Å². The molecule has 0 radical (unpaired) electrons. The van der Waals surface area contributed by atoms with Gasteiger partial charge in [0.1, 0.15) is 18.5 Å². The Morgan fingerprint density at radius 2 is 2.20 bits per heavy atom. The van der Waals surface area contributed by atoms with Crippen LogP contribution in [0.1, 0.15) is 38.7 Å². The normalized spacial score (nSPS) is 13.5. The first-order valence-electron chi connectivity index (χ1n) is 7.24. The van der Waals surface area contributed by atoms with Gasteiger partial charge in [0.25, 0.3) is 0 Å². The van der Waals surface area contributed by atoms with E-state index in [0.717, 1.165) is 19.3 Å². The maximum absolute atomic E-state index is 9.90. The van der Waals surface area contributed by atoms with Crippen molar-refractivity contribution < 1.29 is 9.84 Å². The largest absolute Gasteiger partial charge is 0.491 e. The first kappa shape index (κ1) is 16.5. The van der Waals surface area contributed by atoms with Gasteiger partial charge in [0.15, 0.2) is 0 Å². The number of nitrogens with one attached hydrogen (secondary N) is 1. The Morgan fingerprint density at radius 3 is 2.85 bits per heavy atom. The van der Waals surface area contributed by atoms with Gasteiger partial charge in [-0.3, -0.25) is 0 Å². The molecule has 1 aromatic rings. The van der Waals surface area contributed by atoms with Crippen LogP contribution in [0.5, 0.6) is 5.75 Å². The molecule has 0 aliphatic heterocycles. The lowest BCUT2D eigenvalue weighted by Crippen LogP contribution is -2.37. The van der Waals surface area contributed by atoms with Crippen molar-refractivity contribution in [3.63, 3.8) is 0 Å². The number of nitriles is 1. The number of nitrogens with zero attached hydrogens (tertiary/aromatic N) is 1. The van der Waals surface area contributed by atoms with Crippen LogP contribution in [0.3, 0.4) is 0 Å². The van der Waals surface area contributed by atoms with Crippen LogP contribution in [-0.4, -0.2) is 30.4 Å². The number of hydrogen-bond acceptors (Lipinski definition) is 4. The minimum Gasteiger partial charge on any atom is -0.491 e. The Kier molecular flexibility index (Phi) is 7.71. The van der Waals surface area contributed by atoms with E-state index in [9.17, 15) is 5.11 Å². The molecule has 20 heavy (non-hydrogen) atoms. The summed E-state index contributed by atoms with van der Waals surface area (Å²) in [6.07, 6.45) is 2.77. The molecular weight excluding hydrogens is 252 g/mol. The van der Waals surface area contributed by atoms with E-state index in [0.29, 0.717) is 23.9 Å². The molecule has 1 aromatic carbocycles. The summed E-state index contributed by atoms with van der Waals surface area (Å²) in [5.74, 6) is 0.615. The monoisotopic (exact) mass is 276 g/mol. The predicted octanol–water partition coefficient (Wildman–Crippen LogP) is 2.47. The van der Waals surface area contributed by atoms with Crippen molar-refractivity contribution in [3.05, 3.63) is 29.8 Å². The van der Waals surface area contributed by atoms with Crippen molar-refractivity contribution in [3.8, 4) is 11.8 Å². The topological polar surface area (TPSA) is 65.3 Å². The third-order valence-corrected chi connectivity index (χ3v) is 3.18. The minimum absolute atomic E-state index is 0.227. The fraction of sp³-hybridized carbons (Fsp3) is 0.562. The zero-order valence-corrected chi connectivity index (χ0v) is 12.3. The molecule has 110 valence electrons. The predicted molar refractivity (Wildman–Crippen MR) is 79.6 cm³/mol. The van der Waals surface area contributed by atoms with Crippen molar-refractivity contribution in [2.24, 2.45) is 0 Å². The van der Waals surface area contributed by atoms with Gasteiger partial charge >= 0.3 is 0 Å². The second kappa shape index (κ2) is 9.35. The molecular formula is C16H24N2O2. The van der Waals surface area contributed by atoms with Gasteiger partial charge in [0.05, 0.1) is 11.6 Å². The van der Waals surface area contributed by atoms with E-state index >= 15 is 0 Å². The Morgan fingerprint density at radius 1 is 1.40 bits per heavy atom. The summed E-state index contributed by atoms with van der Waals surface area (Å²) in [5.41, 5.74) is 0.559. The smallest absolute Gasteiger partial charge is 0.120 e. The van der Waals surface area contributed by atoms with Crippen LogP contribution in [0.25, 0.3) is 0 Å². The molecule has 0 aliphatic rings. The summed E-state index contributed by atoms with van der Waals surface area (Å²) in [6.45, 7) is 5.05. The van der Waals surface area contributed by atoms with Gasteiger partial charge in [-0.05, 0) is 31.0 Å². The quantitative estimate of drug-likeness (QED) is 0.727. The lowest BCUT2D eigenvalue weighted by Gasteiger charge is -2.19. The molecule has 4 nitrogen and oxygen atoms in total. The maximum Gasteiger partial charge on any atom is 0.120 e. The van der Waals surface area contributed by atoms with Crippen LogP contribution in [0, 0.1) is 11.3 Å². The number of ether oxygens (including phenoxy) is 1. The Labute approximate surface area is 121 Å². The van der Waals surface area contributed by atoms with Crippen LogP contribution in [0.2, 0.25) is 0 Å². The molecule has 4 heteroatoms. The van der Waals surface area contributed by atoms with Gasteiger partial charge in [0.2, 0.25) is 0 Å². The lowest BCUT2D eigenvalue weighted by molar-refractivity contribution is 0.103. The molecule has 0 aliphatic carbocycles.